The van der Waals surface area contributed by atoms with E-state index < -0.39 is 0 Å². The van der Waals surface area contributed by atoms with Crippen molar-refractivity contribution in [3.8, 4) is 0 Å². The van der Waals surface area contributed by atoms with Gasteiger partial charge in [-0.3, -0.25) is 0 Å². The molecule has 1 saturated carbocycles. The maximum atomic E-state index is 8.96. The Morgan fingerprint density at radius 1 is 1.22 bits per heavy atom. The molecule has 2 unspecified atom stereocenters. The van der Waals surface area contributed by atoms with Gasteiger partial charge in [-0.15, -0.1) is 0 Å². The number of hydrogen-bond acceptors (Lipinski definition) is 4. The van der Waals surface area contributed by atoms with Crippen molar-refractivity contribution < 1.29 is 19.7 Å². The number of ether oxygens (including phenoxy) is 2. The molecule has 4 heteroatoms. The summed E-state index contributed by atoms with van der Waals surface area (Å²) < 4.78 is 11.7. The lowest BCUT2D eigenvalue weighted by Gasteiger charge is -2.47. The van der Waals surface area contributed by atoms with Crippen LogP contribution >= 0.6 is 0 Å². The van der Waals surface area contributed by atoms with Gasteiger partial charge in [0, 0.05) is 6.42 Å². The predicted molar refractivity (Wildman–Crippen MR) is 68.4 cm³/mol. The molecule has 0 spiro atoms. The standard InChI is InChI=1S/C14H24O4/c1-13(17-7-5-15)9-12-3-2-4-14(10-12,11-13)18-8-6-16/h9,15-16H,2-8,10-11H2,1H3. The molecule has 0 heterocycles. The summed E-state index contributed by atoms with van der Waals surface area (Å²) in [5.74, 6) is 0. The minimum atomic E-state index is -0.341. The zero-order chi connectivity index (χ0) is 13.1. The first-order valence-corrected chi connectivity index (χ1v) is 6.82. The lowest BCUT2D eigenvalue weighted by molar-refractivity contribution is -0.132. The number of aliphatic hydroxyl groups excluding tert-OH is 2. The summed E-state index contributed by atoms with van der Waals surface area (Å²) >= 11 is 0. The lowest BCUT2D eigenvalue weighted by Crippen LogP contribution is -2.48. The molecule has 0 aromatic carbocycles. The summed E-state index contributed by atoms with van der Waals surface area (Å²) in [6, 6.07) is 0. The Balaban J connectivity index is 2.11. The Labute approximate surface area is 109 Å². The van der Waals surface area contributed by atoms with Crippen molar-refractivity contribution in [3.05, 3.63) is 11.6 Å². The molecule has 1 fully saturated rings. The minimum absolute atomic E-state index is 0.0449. The summed E-state index contributed by atoms with van der Waals surface area (Å²) in [6.07, 6.45) is 7.27. The van der Waals surface area contributed by atoms with Gasteiger partial charge in [-0.1, -0.05) is 11.6 Å². The van der Waals surface area contributed by atoms with Crippen LogP contribution in [0.4, 0.5) is 0 Å². The van der Waals surface area contributed by atoms with E-state index in [-0.39, 0.29) is 24.4 Å². The Morgan fingerprint density at radius 3 is 2.67 bits per heavy atom. The van der Waals surface area contributed by atoms with Gasteiger partial charge in [0.2, 0.25) is 0 Å². The van der Waals surface area contributed by atoms with Crippen LogP contribution in [0.15, 0.2) is 11.6 Å². The molecule has 2 N–H and O–H groups in total. The van der Waals surface area contributed by atoms with Crippen molar-refractivity contribution in [2.24, 2.45) is 0 Å². The lowest BCUT2D eigenvalue weighted by atomic mass is 9.69. The van der Waals surface area contributed by atoms with Gasteiger partial charge in [-0.2, -0.15) is 0 Å². The van der Waals surface area contributed by atoms with Gasteiger partial charge in [-0.05, 0) is 32.6 Å². The molecule has 2 bridgehead atoms. The van der Waals surface area contributed by atoms with Crippen molar-refractivity contribution in [1.82, 2.24) is 0 Å². The van der Waals surface area contributed by atoms with E-state index >= 15 is 0 Å². The molecule has 18 heavy (non-hydrogen) atoms. The molecule has 2 aliphatic carbocycles. The number of aliphatic hydroxyl groups is 2. The summed E-state index contributed by atoms with van der Waals surface area (Å²) in [5, 5.41) is 17.9. The van der Waals surface area contributed by atoms with Crippen LogP contribution in [0.25, 0.3) is 0 Å². The first-order chi connectivity index (χ1) is 8.61. The minimum Gasteiger partial charge on any atom is -0.394 e. The molecule has 0 saturated heterocycles. The molecule has 0 aromatic heterocycles. The molecular weight excluding hydrogens is 232 g/mol. The van der Waals surface area contributed by atoms with Crippen LogP contribution in [0, 0.1) is 0 Å². The third-order valence-corrected chi connectivity index (χ3v) is 3.88. The summed E-state index contributed by atoms with van der Waals surface area (Å²) in [6.45, 7) is 2.92. The SMILES string of the molecule is CC1(OCCO)C=C2CCCC(OCCO)(C2)C1. The molecule has 0 aromatic rings. The smallest absolute Gasteiger partial charge is 0.0865 e. The highest BCUT2D eigenvalue weighted by Crippen LogP contribution is 2.46. The first-order valence-electron chi connectivity index (χ1n) is 6.82. The molecule has 0 aliphatic heterocycles. The second-order valence-corrected chi connectivity index (χ2v) is 5.65. The maximum absolute atomic E-state index is 8.96. The van der Waals surface area contributed by atoms with Gasteiger partial charge in [0.05, 0.1) is 37.6 Å². The monoisotopic (exact) mass is 256 g/mol. The van der Waals surface area contributed by atoms with Crippen LogP contribution < -0.4 is 0 Å². The third-order valence-electron chi connectivity index (χ3n) is 3.88. The van der Waals surface area contributed by atoms with E-state index in [9.17, 15) is 0 Å². The molecule has 2 rings (SSSR count). The fourth-order valence-corrected chi connectivity index (χ4v) is 3.43. The topological polar surface area (TPSA) is 58.9 Å². The Kier molecular flexibility index (Phi) is 4.43. The average molecular weight is 256 g/mol. The molecule has 0 radical (unpaired) electrons. The van der Waals surface area contributed by atoms with Crippen LogP contribution in [-0.4, -0.2) is 47.8 Å². The summed E-state index contributed by atoms with van der Waals surface area (Å²) in [5.41, 5.74) is 0.882. The quantitative estimate of drug-likeness (QED) is 0.705. The second kappa shape index (κ2) is 5.70. The second-order valence-electron chi connectivity index (χ2n) is 5.65. The van der Waals surface area contributed by atoms with Crippen molar-refractivity contribution >= 4 is 0 Å². The van der Waals surface area contributed by atoms with E-state index in [2.05, 4.69) is 13.0 Å². The molecule has 2 atom stereocenters. The maximum Gasteiger partial charge on any atom is 0.0865 e. The molecular formula is C14H24O4. The zero-order valence-corrected chi connectivity index (χ0v) is 11.2. The van der Waals surface area contributed by atoms with Crippen LogP contribution in [0.3, 0.4) is 0 Å². The fraction of sp³-hybridized carbons (Fsp3) is 0.857. The Hall–Kier alpha value is -0.420. The van der Waals surface area contributed by atoms with E-state index in [1.54, 1.807) is 0 Å². The first kappa shape index (κ1) is 14.0. The van der Waals surface area contributed by atoms with Gasteiger partial charge < -0.3 is 19.7 Å². The Morgan fingerprint density at radius 2 is 1.94 bits per heavy atom. The van der Waals surface area contributed by atoms with Gasteiger partial charge in [-0.25, -0.2) is 0 Å². The van der Waals surface area contributed by atoms with E-state index in [0.29, 0.717) is 13.2 Å². The fourth-order valence-electron chi connectivity index (χ4n) is 3.43. The van der Waals surface area contributed by atoms with Crippen LogP contribution in [-0.2, 0) is 9.47 Å². The molecule has 0 amide bonds. The Bertz CT molecular complexity index is 315. The van der Waals surface area contributed by atoms with E-state index in [0.717, 1.165) is 32.1 Å². The highest BCUT2D eigenvalue weighted by atomic mass is 16.5. The summed E-state index contributed by atoms with van der Waals surface area (Å²) in [4.78, 5) is 0. The van der Waals surface area contributed by atoms with Gasteiger partial charge in [0.25, 0.3) is 0 Å². The molecule has 4 nitrogen and oxygen atoms in total. The highest BCUT2D eigenvalue weighted by Gasteiger charge is 2.45. The van der Waals surface area contributed by atoms with Crippen LogP contribution in [0.5, 0.6) is 0 Å². The normalized spacial score (nSPS) is 35.4. The van der Waals surface area contributed by atoms with E-state index in [4.69, 9.17) is 19.7 Å². The van der Waals surface area contributed by atoms with Gasteiger partial charge in [0.1, 0.15) is 0 Å². The largest absolute Gasteiger partial charge is 0.394 e. The highest BCUT2D eigenvalue weighted by molar-refractivity contribution is 5.23. The van der Waals surface area contributed by atoms with Crippen molar-refractivity contribution in [2.45, 2.75) is 50.2 Å². The average Bonchev–Trinajstić information content (AvgIpc) is 2.33. The van der Waals surface area contributed by atoms with E-state index in [1.165, 1.54) is 5.57 Å². The van der Waals surface area contributed by atoms with Gasteiger partial charge in [0.15, 0.2) is 0 Å². The van der Waals surface area contributed by atoms with Gasteiger partial charge >= 0.3 is 0 Å². The number of rotatable bonds is 6. The predicted octanol–water partition coefficient (Wildman–Crippen LogP) is 1.41. The summed E-state index contributed by atoms with van der Waals surface area (Å²) in [7, 11) is 0. The van der Waals surface area contributed by atoms with Crippen molar-refractivity contribution in [1.29, 1.82) is 0 Å². The number of hydrogen-bond donors (Lipinski definition) is 2. The third kappa shape index (κ3) is 3.12. The van der Waals surface area contributed by atoms with Crippen LogP contribution in [0.2, 0.25) is 0 Å². The number of fused-ring (bicyclic) bond motifs is 2. The van der Waals surface area contributed by atoms with Crippen molar-refractivity contribution in [2.75, 3.05) is 26.4 Å². The molecule has 104 valence electrons. The zero-order valence-electron chi connectivity index (χ0n) is 11.2. The van der Waals surface area contributed by atoms with Crippen molar-refractivity contribution in [3.63, 3.8) is 0 Å². The molecule has 2 aliphatic rings. The van der Waals surface area contributed by atoms with Crippen LogP contribution in [0.1, 0.15) is 39.0 Å². The van der Waals surface area contributed by atoms with E-state index in [1.807, 2.05) is 0 Å².